The van der Waals surface area contributed by atoms with E-state index >= 15 is 0 Å². The summed E-state index contributed by atoms with van der Waals surface area (Å²) in [5.41, 5.74) is 0.656. The minimum absolute atomic E-state index is 0.0333. The van der Waals surface area contributed by atoms with E-state index in [-0.39, 0.29) is 24.3 Å². The van der Waals surface area contributed by atoms with Crippen LogP contribution in [0.25, 0.3) is 0 Å². The van der Waals surface area contributed by atoms with Crippen LogP contribution in [0.1, 0.15) is 55.3 Å². The molecule has 2 aromatic rings. The van der Waals surface area contributed by atoms with Gasteiger partial charge >= 0.3 is 0 Å². The second-order valence-corrected chi connectivity index (χ2v) is 10.9. The average molecular weight is 523 g/mol. The third-order valence-electron chi connectivity index (χ3n) is 8.21. The fourth-order valence-corrected chi connectivity index (χ4v) is 6.30. The first kappa shape index (κ1) is 25.6. The van der Waals surface area contributed by atoms with Crippen LogP contribution in [-0.4, -0.2) is 65.9 Å². The van der Waals surface area contributed by atoms with Crippen LogP contribution in [0.4, 0.5) is 5.69 Å². The van der Waals surface area contributed by atoms with Crippen LogP contribution < -0.4 is 10.2 Å². The van der Waals surface area contributed by atoms with E-state index in [0.29, 0.717) is 55.6 Å². The van der Waals surface area contributed by atoms with E-state index in [0.717, 1.165) is 18.5 Å². The lowest BCUT2D eigenvalue weighted by Gasteiger charge is -2.43. The minimum atomic E-state index is -0.776. The lowest BCUT2D eigenvalue weighted by atomic mass is 9.85. The van der Waals surface area contributed by atoms with Gasteiger partial charge in [-0.1, -0.05) is 61.2 Å². The summed E-state index contributed by atoms with van der Waals surface area (Å²) in [6, 6.07) is 16.9. The summed E-state index contributed by atoms with van der Waals surface area (Å²) in [6.45, 7) is 1.99. The molecule has 3 aliphatic rings. The van der Waals surface area contributed by atoms with E-state index in [1.54, 1.807) is 34.1 Å². The number of piperidine rings is 1. The predicted molar refractivity (Wildman–Crippen MR) is 144 cm³/mol. The number of hydrogen-bond acceptors (Lipinski definition) is 4. The first-order valence-electron chi connectivity index (χ1n) is 13.4. The third kappa shape index (κ3) is 5.33. The van der Waals surface area contributed by atoms with Crippen LogP contribution in [0.3, 0.4) is 0 Å². The number of carbonyl (C=O) groups is 3. The van der Waals surface area contributed by atoms with Gasteiger partial charge in [0.2, 0.25) is 5.91 Å². The highest BCUT2D eigenvalue weighted by molar-refractivity contribution is 6.33. The maximum absolute atomic E-state index is 13.9. The molecule has 196 valence electrons. The molecule has 37 heavy (non-hydrogen) atoms. The van der Waals surface area contributed by atoms with Crippen molar-refractivity contribution in [3.05, 3.63) is 65.2 Å². The molecule has 1 saturated carbocycles. The van der Waals surface area contributed by atoms with Gasteiger partial charge in [-0.05, 0) is 55.9 Å². The number of halogens is 1. The van der Waals surface area contributed by atoms with Crippen molar-refractivity contribution in [1.29, 1.82) is 0 Å². The average Bonchev–Trinajstić information content (AvgIpc) is 3.19. The first-order chi connectivity index (χ1) is 18.0. The maximum Gasteiger partial charge on any atom is 0.255 e. The van der Waals surface area contributed by atoms with Crippen molar-refractivity contribution >= 4 is 35.0 Å². The first-order valence-corrected chi connectivity index (χ1v) is 13.8. The molecule has 1 N–H and O–H groups in total. The zero-order chi connectivity index (χ0) is 25.8. The topological polar surface area (TPSA) is 73.0 Å². The van der Waals surface area contributed by atoms with Crippen molar-refractivity contribution in [3.8, 4) is 0 Å². The highest BCUT2D eigenvalue weighted by Gasteiger charge is 2.54. The van der Waals surface area contributed by atoms with Crippen molar-refractivity contribution in [3.63, 3.8) is 0 Å². The molecule has 0 radical (unpaired) electrons. The van der Waals surface area contributed by atoms with Gasteiger partial charge in [0, 0.05) is 25.3 Å². The molecule has 2 aliphatic heterocycles. The number of amides is 3. The van der Waals surface area contributed by atoms with Crippen molar-refractivity contribution < 1.29 is 14.4 Å². The number of carbonyl (C=O) groups excluding carboxylic acids is 3. The second kappa shape index (κ2) is 11.1. The summed E-state index contributed by atoms with van der Waals surface area (Å²) in [7, 11) is 0. The SMILES string of the molecule is O=C(CN1CN(c2ccccc2)C2(CCN(C(=O)c3ccccc3Cl)CC2)C1=O)NCC1CCCCC1. The van der Waals surface area contributed by atoms with E-state index in [1.165, 1.54) is 19.3 Å². The maximum atomic E-state index is 13.9. The standard InChI is InChI=1S/C29H35ClN4O3/c30-25-14-8-7-13-24(25)27(36)32-17-15-29(16-18-32)28(37)33(21-34(29)23-11-5-2-6-12-23)20-26(35)31-19-22-9-3-1-4-10-22/h2,5-8,11-14,22H,1,3-4,9-10,15-21H2,(H,31,35). The summed E-state index contributed by atoms with van der Waals surface area (Å²) in [4.78, 5) is 45.5. The molecule has 3 fully saturated rings. The Morgan fingerprint density at radius 1 is 0.946 bits per heavy atom. The fraction of sp³-hybridized carbons (Fsp3) is 0.483. The lowest BCUT2D eigenvalue weighted by Crippen LogP contribution is -2.57. The summed E-state index contributed by atoms with van der Waals surface area (Å²) in [5.74, 6) is 0.291. The normalized spacial score (nSPS) is 19.9. The van der Waals surface area contributed by atoms with E-state index in [2.05, 4.69) is 10.2 Å². The van der Waals surface area contributed by atoms with Crippen LogP contribution in [0, 0.1) is 5.92 Å². The Bertz CT molecular complexity index is 1130. The Morgan fingerprint density at radius 2 is 1.62 bits per heavy atom. The fourth-order valence-electron chi connectivity index (χ4n) is 6.09. The molecule has 0 bridgehead atoms. The van der Waals surface area contributed by atoms with Crippen LogP contribution in [-0.2, 0) is 9.59 Å². The highest BCUT2D eigenvalue weighted by atomic mass is 35.5. The third-order valence-corrected chi connectivity index (χ3v) is 8.54. The minimum Gasteiger partial charge on any atom is -0.354 e. The molecule has 5 rings (SSSR count). The summed E-state index contributed by atoms with van der Waals surface area (Å²) >= 11 is 6.27. The Morgan fingerprint density at radius 3 is 2.32 bits per heavy atom. The number of anilines is 1. The van der Waals surface area contributed by atoms with Gasteiger partial charge in [-0.15, -0.1) is 0 Å². The van der Waals surface area contributed by atoms with Crippen LogP contribution >= 0.6 is 11.6 Å². The smallest absolute Gasteiger partial charge is 0.255 e. The zero-order valence-electron chi connectivity index (χ0n) is 21.2. The van der Waals surface area contributed by atoms with Crippen molar-refractivity contribution in [2.24, 2.45) is 5.92 Å². The molecule has 1 aliphatic carbocycles. The number of rotatable bonds is 6. The summed E-state index contributed by atoms with van der Waals surface area (Å²) in [5, 5.41) is 3.51. The van der Waals surface area contributed by atoms with Gasteiger partial charge in [0.15, 0.2) is 0 Å². The van der Waals surface area contributed by atoms with Crippen molar-refractivity contribution in [1.82, 2.24) is 15.1 Å². The Kier molecular flexibility index (Phi) is 7.70. The number of benzene rings is 2. The Hall–Kier alpha value is -3.06. The zero-order valence-corrected chi connectivity index (χ0v) is 22.0. The molecule has 3 amide bonds. The molecule has 7 nitrogen and oxygen atoms in total. The van der Waals surface area contributed by atoms with Crippen LogP contribution in [0.15, 0.2) is 54.6 Å². The molecule has 2 heterocycles. The molecular weight excluding hydrogens is 488 g/mol. The van der Waals surface area contributed by atoms with E-state index in [4.69, 9.17) is 11.6 Å². The summed E-state index contributed by atoms with van der Waals surface area (Å²) < 4.78 is 0. The van der Waals surface area contributed by atoms with Gasteiger partial charge < -0.3 is 20.0 Å². The number of para-hydroxylation sites is 1. The van der Waals surface area contributed by atoms with E-state index in [1.807, 2.05) is 30.3 Å². The Balaban J connectivity index is 1.29. The van der Waals surface area contributed by atoms with E-state index in [9.17, 15) is 14.4 Å². The second-order valence-electron chi connectivity index (χ2n) is 10.5. The van der Waals surface area contributed by atoms with E-state index < -0.39 is 5.54 Å². The lowest BCUT2D eigenvalue weighted by molar-refractivity contribution is -0.137. The quantitative estimate of drug-likeness (QED) is 0.613. The molecule has 0 atom stereocenters. The summed E-state index contributed by atoms with van der Waals surface area (Å²) in [6.07, 6.45) is 7.07. The van der Waals surface area contributed by atoms with Crippen LogP contribution in [0.2, 0.25) is 5.02 Å². The van der Waals surface area contributed by atoms with Gasteiger partial charge in [0.1, 0.15) is 12.1 Å². The molecule has 2 aromatic carbocycles. The molecule has 0 unspecified atom stereocenters. The monoisotopic (exact) mass is 522 g/mol. The molecule has 2 saturated heterocycles. The van der Waals surface area contributed by atoms with Crippen molar-refractivity contribution in [2.75, 3.05) is 37.7 Å². The van der Waals surface area contributed by atoms with Gasteiger partial charge in [-0.25, -0.2) is 0 Å². The predicted octanol–water partition coefficient (Wildman–Crippen LogP) is 4.32. The number of hydrogen-bond donors (Lipinski definition) is 1. The van der Waals surface area contributed by atoms with Gasteiger partial charge in [0.25, 0.3) is 11.8 Å². The number of nitrogens with zero attached hydrogens (tertiary/aromatic N) is 3. The number of likely N-dealkylation sites (tertiary alicyclic amines) is 1. The van der Waals surface area contributed by atoms with Gasteiger partial charge in [-0.3, -0.25) is 14.4 Å². The largest absolute Gasteiger partial charge is 0.354 e. The Labute approximate surface area is 223 Å². The molecular formula is C29H35ClN4O3. The van der Waals surface area contributed by atoms with Gasteiger partial charge in [-0.2, -0.15) is 0 Å². The van der Waals surface area contributed by atoms with Crippen LogP contribution in [0.5, 0.6) is 0 Å². The molecule has 0 aromatic heterocycles. The molecule has 1 spiro atoms. The number of nitrogens with one attached hydrogen (secondary N) is 1. The van der Waals surface area contributed by atoms with Gasteiger partial charge in [0.05, 0.1) is 17.3 Å². The van der Waals surface area contributed by atoms with Crippen molar-refractivity contribution in [2.45, 2.75) is 50.5 Å². The molecule has 8 heteroatoms. The highest BCUT2D eigenvalue weighted by Crippen LogP contribution is 2.40.